The molecule has 0 bridgehead atoms. The summed E-state index contributed by atoms with van der Waals surface area (Å²) in [5, 5.41) is 2.48. The third kappa shape index (κ3) is 3.93. The Bertz CT molecular complexity index is 679. The van der Waals surface area contributed by atoms with Crippen molar-refractivity contribution in [3.8, 4) is 11.5 Å². The van der Waals surface area contributed by atoms with Gasteiger partial charge in [-0.05, 0) is 12.1 Å². The SMILES string of the molecule is CN(CC1COc2ccccc2O1)C(=O)c1csc(CN)n1.Cl. The molecule has 124 valence electrons. The zero-order valence-corrected chi connectivity index (χ0v) is 14.2. The van der Waals surface area contributed by atoms with Crippen LogP contribution in [0.5, 0.6) is 11.5 Å². The van der Waals surface area contributed by atoms with Crippen molar-refractivity contribution < 1.29 is 14.3 Å². The molecule has 1 aromatic carbocycles. The summed E-state index contributed by atoms with van der Waals surface area (Å²) in [6, 6.07) is 7.51. The lowest BCUT2D eigenvalue weighted by Crippen LogP contribution is -2.41. The first-order valence-corrected chi connectivity index (χ1v) is 7.83. The van der Waals surface area contributed by atoms with Gasteiger partial charge >= 0.3 is 0 Å². The van der Waals surface area contributed by atoms with E-state index in [0.29, 0.717) is 31.1 Å². The number of aromatic nitrogens is 1. The zero-order valence-electron chi connectivity index (χ0n) is 12.6. The highest BCUT2D eigenvalue weighted by Gasteiger charge is 2.25. The molecule has 8 heteroatoms. The van der Waals surface area contributed by atoms with Crippen molar-refractivity contribution in [3.05, 3.63) is 40.3 Å². The van der Waals surface area contributed by atoms with Crippen LogP contribution in [0.1, 0.15) is 15.5 Å². The van der Waals surface area contributed by atoms with Gasteiger partial charge in [0.1, 0.15) is 17.3 Å². The Labute approximate surface area is 144 Å². The Balaban J connectivity index is 0.00000192. The monoisotopic (exact) mass is 355 g/mol. The first-order valence-electron chi connectivity index (χ1n) is 6.96. The molecule has 2 aromatic rings. The number of nitrogens with two attached hydrogens (primary N) is 1. The average Bonchev–Trinajstić information content (AvgIpc) is 3.03. The van der Waals surface area contributed by atoms with E-state index in [-0.39, 0.29) is 24.4 Å². The highest BCUT2D eigenvalue weighted by Crippen LogP contribution is 2.31. The Morgan fingerprint density at radius 2 is 2.17 bits per heavy atom. The van der Waals surface area contributed by atoms with Gasteiger partial charge in [-0.3, -0.25) is 4.79 Å². The standard InChI is InChI=1S/C15H17N3O3S.ClH/c1-18(15(19)11-9-22-14(6-16)17-11)7-10-8-20-12-4-2-3-5-13(12)21-10;/h2-5,9-10H,6-8,16H2,1H3;1H. The van der Waals surface area contributed by atoms with Crippen LogP contribution in [0.25, 0.3) is 0 Å². The fourth-order valence-corrected chi connectivity index (χ4v) is 2.89. The summed E-state index contributed by atoms with van der Waals surface area (Å²) in [5.41, 5.74) is 5.94. The van der Waals surface area contributed by atoms with E-state index in [2.05, 4.69) is 4.98 Å². The van der Waals surface area contributed by atoms with Crippen LogP contribution >= 0.6 is 23.7 Å². The van der Waals surface area contributed by atoms with E-state index >= 15 is 0 Å². The molecule has 1 unspecified atom stereocenters. The predicted octanol–water partition coefficient (Wildman–Crippen LogP) is 1.94. The second-order valence-corrected chi connectivity index (χ2v) is 5.96. The van der Waals surface area contributed by atoms with Crippen LogP contribution < -0.4 is 15.2 Å². The molecule has 1 aliphatic heterocycles. The molecule has 0 saturated heterocycles. The van der Waals surface area contributed by atoms with Gasteiger partial charge < -0.3 is 20.1 Å². The van der Waals surface area contributed by atoms with Crippen molar-refractivity contribution in [1.29, 1.82) is 0 Å². The minimum atomic E-state index is -0.198. The number of ether oxygens (including phenoxy) is 2. The Hall–Kier alpha value is -1.83. The van der Waals surface area contributed by atoms with Gasteiger partial charge in [-0.15, -0.1) is 23.7 Å². The van der Waals surface area contributed by atoms with Gasteiger partial charge in [-0.1, -0.05) is 12.1 Å². The maximum atomic E-state index is 12.3. The summed E-state index contributed by atoms with van der Waals surface area (Å²) in [4.78, 5) is 18.1. The largest absolute Gasteiger partial charge is 0.486 e. The molecular formula is C15H18ClN3O3S. The first kappa shape index (κ1) is 17.5. The van der Waals surface area contributed by atoms with Gasteiger partial charge in [0.2, 0.25) is 0 Å². The normalized spacial score (nSPS) is 15.7. The number of likely N-dealkylation sites (N-methyl/N-ethyl adjacent to an activating group) is 1. The molecular weight excluding hydrogens is 338 g/mol. The molecule has 1 atom stereocenters. The highest BCUT2D eigenvalue weighted by molar-refractivity contribution is 7.09. The van der Waals surface area contributed by atoms with E-state index < -0.39 is 0 Å². The van der Waals surface area contributed by atoms with Crippen LogP contribution in [-0.4, -0.2) is 42.1 Å². The smallest absolute Gasteiger partial charge is 0.273 e. The number of amides is 1. The van der Waals surface area contributed by atoms with Crippen molar-refractivity contribution in [2.45, 2.75) is 12.6 Å². The molecule has 1 aliphatic rings. The number of fused-ring (bicyclic) bond motifs is 1. The second-order valence-electron chi connectivity index (χ2n) is 5.01. The number of hydrogen-bond acceptors (Lipinski definition) is 6. The van der Waals surface area contributed by atoms with Crippen molar-refractivity contribution >= 4 is 29.7 Å². The lowest BCUT2D eigenvalue weighted by atomic mass is 10.2. The Kier molecular flexibility index (Phi) is 5.81. The van der Waals surface area contributed by atoms with Crippen molar-refractivity contribution in [2.75, 3.05) is 20.2 Å². The number of halogens is 1. The summed E-state index contributed by atoms with van der Waals surface area (Å²) in [7, 11) is 1.73. The maximum absolute atomic E-state index is 12.3. The number of para-hydroxylation sites is 2. The first-order chi connectivity index (χ1) is 10.7. The molecule has 0 fully saturated rings. The predicted molar refractivity (Wildman–Crippen MR) is 90.6 cm³/mol. The van der Waals surface area contributed by atoms with Crippen molar-refractivity contribution in [2.24, 2.45) is 5.73 Å². The fraction of sp³-hybridized carbons (Fsp3) is 0.333. The lowest BCUT2D eigenvalue weighted by molar-refractivity contribution is 0.0518. The Morgan fingerprint density at radius 3 is 2.87 bits per heavy atom. The number of benzene rings is 1. The highest BCUT2D eigenvalue weighted by atomic mass is 35.5. The molecule has 6 nitrogen and oxygen atoms in total. The molecule has 3 rings (SSSR count). The molecule has 0 aliphatic carbocycles. The van der Waals surface area contributed by atoms with Gasteiger partial charge in [0, 0.05) is 19.0 Å². The number of nitrogens with zero attached hydrogens (tertiary/aromatic N) is 2. The summed E-state index contributed by atoms with van der Waals surface area (Å²) >= 11 is 1.39. The van der Waals surface area contributed by atoms with Crippen molar-refractivity contribution in [1.82, 2.24) is 9.88 Å². The molecule has 0 radical (unpaired) electrons. The van der Waals surface area contributed by atoms with E-state index in [4.69, 9.17) is 15.2 Å². The molecule has 2 N–H and O–H groups in total. The summed E-state index contributed by atoms with van der Waals surface area (Å²) in [5.74, 6) is 1.30. The van der Waals surface area contributed by atoms with Crippen LogP contribution in [-0.2, 0) is 6.54 Å². The summed E-state index contributed by atoms with van der Waals surface area (Å²) in [6.07, 6.45) is -0.198. The fourth-order valence-electron chi connectivity index (χ4n) is 2.24. The van der Waals surface area contributed by atoms with Gasteiger partial charge in [0.25, 0.3) is 5.91 Å². The van der Waals surface area contributed by atoms with Crippen LogP contribution in [0.4, 0.5) is 0 Å². The molecule has 0 saturated carbocycles. The van der Waals surface area contributed by atoms with Gasteiger partial charge in [0.15, 0.2) is 17.6 Å². The van der Waals surface area contributed by atoms with E-state index in [1.165, 1.54) is 11.3 Å². The second kappa shape index (κ2) is 7.63. The zero-order chi connectivity index (χ0) is 15.5. The Morgan fingerprint density at radius 1 is 1.43 bits per heavy atom. The van der Waals surface area contributed by atoms with Crippen LogP contribution in [0.2, 0.25) is 0 Å². The number of rotatable bonds is 4. The average molecular weight is 356 g/mol. The summed E-state index contributed by atoms with van der Waals surface area (Å²) < 4.78 is 11.5. The topological polar surface area (TPSA) is 77.7 Å². The number of carbonyl (C=O) groups is 1. The minimum Gasteiger partial charge on any atom is -0.486 e. The van der Waals surface area contributed by atoms with Crippen LogP contribution in [0, 0.1) is 0 Å². The quantitative estimate of drug-likeness (QED) is 0.906. The molecule has 0 spiro atoms. The third-order valence-electron chi connectivity index (χ3n) is 3.34. The number of thiazole rings is 1. The number of carbonyl (C=O) groups excluding carboxylic acids is 1. The molecule has 1 aromatic heterocycles. The molecule has 2 heterocycles. The van der Waals surface area contributed by atoms with E-state index in [1.807, 2.05) is 24.3 Å². The van der Waals surface area contributed by atoms with Crippen LogP contribution in [0.15, 0.2) is 29.6 Å². The van der Waals surface area contributed by atoms with Gasteiger partial charge in [0.05, 0.1) is 6.54 Å². The van der Waals surface area contributed by atoms with E-state index in [9.17, 15) is 4.79 Å². The van der Waals surface area contributed by atoms with Crippen molar-refractivity contribution in [3.63, 3.8) is 0 Å². The maximum Gasteiger partial charge on any atom is 0.273 e. The minimum absolute atomic E-state index is 0. The lowest BCUT2D eigenvalue weighted by Gasteiger charge is -2.29. The molecule has 1 amide bonds. The van der Waals surface area contributed by atoms with Crippen LogP contribution in [0.3, 0.4) is 0 Å². The van der Waals surface area contributed by atoms with E-state index in [0.717, 1.165) is 10.8 Å². The summed E-state index contributed by atoms with van der Waals surface area (Å²) in [6.45, 7) is 1.19. The van der Waals surface area contributed by atoms with Gasteiger partial charge in [-0.25, -0.2) is 4.98 Å². The number of hydrogen-bond donors (Lipinski definition) is 1. The van der Waals surface area contributed by atoms with E-state index in [1.54, 1.807) is 17.3 Å². The molecule has 23 heavy (non-hydrogen) atoms. The van der Waals surface area contributed by atoms with Gasteiger partial charge in [-0.2, -0.15) is 0 Å². The third-order valence-corrected chi connectivity index (χ3v) is 4.21.